The van der Waals surface area contributed by atoms with Crippen LogP contribution < -0.4 is 15.8 Å². The molecule has 3 aliphatic carbocycles. The fraction of sp³-hybridized carbons (Fsp3) is 0.529. The summed E-state index contributed by atoms with van der Waals surface area (Å²) in [5.74, 6) is 1.78. The molecule has 0 saturated heterocycles. The number of aromatic nitrogens is 1. The van der Waals surface area contributed by atoms with Crippen molar-refractivity contribution in [3.05, 3.63) is 78.9 Å². The van der Waals surface area contributed by atoms with E-state index in [1.165, 1.54) is 19.3 Å². The molecule has 3 fully saturated rings. The number of pyridine rings is 1. The number of benzene rings is 1. The molecule has 204 valence electrons. The van der Waals surface area contributed by atoms with Crippen LogP contribution in [0.3, 0.4) is 0 Å². The first kappa shape index (κ1) is 24.9. The zero-order chi connectivity index (χ0) is 26.3. The highest BCUT2D eigenvalue weighted by molar-refractivity contribution is 5.82. The van der Waals surface area contributed by atoms with Gasteiger partial charge in [-0.2, -0.15) is 0 Å². The van der Waals surface area contributed by atoms with E-state index in [0.29, 0.717) is 22.9 Å². The van der Waals surface area contributed by atoms with Gasteiger partial charge in [-0.05, 0) is 56.3 Å². The molecule has 0 amide bonds. The summed E-state index contributed by atoms with van der Waals surface area (Å²) in [5, 5.41) is 0. The van der Waals surface area contributed by atoms with Gasteiger partial charge in [0.25, 0.3) is 0 Å². The molecule has 39 heavy (non-hydrogen) atoms. The molecular weight excluding hydrogens is 486 g/mol. The summed E-state index contributed by atoms with van der Waals surface area (Å²) in [6.07, 6.45) is 18.4. The van der Waals surface area contributed by atoms with E-state index in [0.717, 1.165) is 99.4 Å². The van der Waals surface area contributed by atoms with Crippen molar-refractivity contribution in [3.8, 4) is 5.88 Å². The summed E-state index contributed by atoms with van der Waals surface area (Å²) < 4.78 is 15.1. The van der Waals surface area contributed by atoms with Crippen LogP contribution in [-0.2, 0) is 0 Å². The first-order valence-electron chi connectivity index (χ1n) is 15.4. The highest BCUT2D eigenvalue weighted by Crippen LogP contribution is 2.44. The number of hydrogen-bond acceptors (Lipinski definition) is 4. The van der Waals surface area contributed by atoms with Crippen molar-refractivity contribution in [2.24, 2.45) is 0 Å². The average molecular weight is 526 g/mol. The summed E-state index contributed by atoms with van der Waals surface area (Å²) in [5.41, 5.74) is 4.39. The predicted octanol–water partition coefficient (Wildman–Crippen LogP) is 8.29. The molecule has 0 atom stereocenters. The molecule has 1 aliphatic heterocycles. The molecule has 7 rings (SSSR count). The van der Waals surface area contributed by atoms with E-state index in [4.69, 9.17) is 9.15 Å². The Bertz CT molecular complexity index is 1510. The lowest BCUT2D eigenvalue weighted by molar-refractivity contribution is 0.377. The molecule has 3 aromatic rings. The van der Waals surface area contributed by atoms with Gasteiger partial charge in [-0.15, -0.1) is 0 Å². The quantitative estimate of drug-likeness (QED) is 0.344. The van der Waals surface area contributed by atoms with Crippen LogP contribution in [0.25, 0.3) is 17.5 Å². The average Bonchev–Trinajstić information content (AvgIpc) is 2.99. The standard InChI is InChI=1S/C34H39NO4/c36-31-28(23-15-7-2-8-16-23)26-21-27(22-13-5-1-6-14-22)38-33-30(25-19-11-4-12-20-25)34(37)39-32(35(26)33)29(31)24-17-9-3-10-18-24/h1,5-6,13-14,21,23-25H,2-4,7-12,15-20H2. The fourth-order valence-electron chi connectivity index (χ4n) is 7.88. The van der Waals surface area contributed by atoms with Gasteiger partial charge in [-0.3, -0.25) is 4.79 Å². The van der Waals surface area contributed by atoms with Crippen LogP contribution in [0, 0.1) is 0 Å². The lowest BCUT2D eigenvalue weighted by Gasteiger charge is -2.32. The third-order valence-electron chi connectivity index (χ3n) is 9.86. The summed E-state index contributed by atoms with van der Waals surface area (Å²) in [4.78, 5) is 28.4. The Balaban J connectivity index is 1.56. The molecule has 1 aromatic carbocycles. The molecule has 3 saturated carbocycles. The molecule has 3 heterocycles. The van der Waals surface area contributed by atoms with E-state index in [9.17, 15) is 9.59 Å². The number of rotatable bonds is 4. The first-order valence-corrected chi connectivity index (χ1v) is 15.4. The minimum atomic E-state index is -0.320. The molecule has 4 aliphatic rings. The molecular formula is C34H39NO4. The molecule has 5 heteroatoms. The lowest BCUT2D eigenvalue weighted by Crippen LogP contribution is -2.30. The zero-order valence-corrected chi connectivity index (χ0v) is 22.9. The maximum absolute atomic E-state index is 14.6. The molecule has 0 bridgehead atoms. The van der Waals surface area contributed by atoms with Crippen molar-refractivity contribution in [1.29, 1.82) is 0 Å². The minimum absolute atomic E-state index is 0.119. The van der Waals surface area contributed by atoms with Gasteiger partial charge in [-0.1, -0.05) is 88.1 Å². The van der Waals surface area contributed by atoms with Crippen molar-refractivity contribution in [2.75, 3.05) is 0 Å². The maximum atomic E-state index is 14.6. The van der Waals surface area contributed by atoms with Gasteiger partial charge in [0.2, 0.25) is 11.6 Å². The Hall–Kier alpha value is -3.08. The summed E-state index contributed by atoms with van der Waals surface area (Å²) >= 11 is 0. The molecule has 2 aromatic heterocycles. The SMILES string of the molecule is O=c1oc2c(C3CCCCC3)c(=O)c(C3CCCCC3)c3n2c(c1C1CCCCC1)OC(c1ccccc1)=C3. The second kappa shape index (κ2) is 10.5. The van der Waals surface area contributed by atoms with E-state index >= 15 is 0 Å². The van der Waals surface area contributed by atoms with Gasteiger partial charge in [-0.25, -0.2) is 9.20 Å². The van der Waals surface area contributed by atoms with Gasteiger partial charge in [0, 0.05) is 17.2 Å². The van der Waals surface area contributed by atoms with Gasteiger partial charge in [0.1, 0.15) is 11.3 Å². The maximum Gasteiger partial charge on any atom is 0.346 e. The highest BCUT2D eigenvalue weighted by atomic mass is 16.5. The lowest BCUT2D eigenvalue weighted by atomic mass is 9.79. The number of ether oxygens (including phenoxy) is 1. The number of hydrogen-bond donors (Lipinski definition) is 0. The Labute approximate surface area is 229 Å². The van der Waals surface area contributed by atoms with Crippen molar-refractivity contribution in [1.82, 2.24) is 4.40 Å². The van der Waals surface area contributed by atoms with Gasteiger partial charge >= 0.3 is 5.63 Å². The van der Waals surface area contributed by atoms with Gasteiger partial charge in [0.05, 0.1) is 11.3 Å². The zero-order valence-electron chi connectivity index (χ0n) is 22.9. The van der Waals surface area contributed by atoms with Crippen molar-refractivity contribution < 1.29 is 9.15 Å². The van der Waals surface area contributed by atoms with E-state index < -0.39 is 0 Å². The number of nitrogens with zero attached hydrogens (tertiary/aromatic N) is 1. The van der Waals surface area contributed by atoms with Gasteiger partial charge in [0.15, 0.2) is 5.43 Å². The molecule has 5 nitrogen and oxygen atoms in total. The smallest absolute Gasteiger partial charge is 0.346 e. The summed E-state index contributed by atoms with van der Waals surface area (Å²) in [6, 6.07) is 10.1. The van der Waals surface area contributed by atoms with Crippen LogP contribution in [0.2, 0.25) is 0 Å². The Kier molecular flexibility index (Phi) is 6.70. The van der Waals surface area contributed by atoms with Crippen molar-refractivity contribution in [2.45, 2.75) is 114 Å². The third-order valence-corrected chi connectivity index (χ3v) is 9.86. The Morgan fingerprint density at radius 2 is 1.18 bits per heavy atom. The fourth-order valence-corrected chi connectivity index (χ4v) is 7.88. The van der Waals surface area contributed by atoms with Gasteiger partial charge < -0.3 is 9.15 Å². The second-order valence-electron chi connectivity index (χ2n) is 12.3. The summed E-state index contributed by atoms with van der Waals surface area (Å²) in [7, 11) is 0. The van der Waals surface area contributed by atoms with Crippen LogP contribution >= 0.6 is 0 Å². The third kappa shape index (κ3) is 4.38. The van der Waals surface area contributed by atoms with Crippen LogP contribution in [0.5, 0.6) is 5.88 Å². The summed E-state index contributed by atoms with van der Waals surface area (Å²) in [6.45, 7) is 0. The van der Waals surface area contributed by atoms with E-state index in [-0.39, 0.29) is 28.8 Å². The second-order valence-corrected chi connectivity index (χ2v) is 12.3. The molecule has 0 spiro atoms. The molecule has 0 unspecified atom stereocenters. The van der Waals surface area contributed by atoms with Crippen LogP contribution in [-0.4, -0.2) is 4.40 Å². The first-order chi connectivity index (χ1) is 19.2. The van der Waals surface area contributed by atoms with Crippen LogP contribution in [0.1, 0.15) is 142 Å². The highest BCUT2D eigenvalue weighted by Gasteiger charge is 2.36. The predicted molar refractivity (Wildman–Crippen MR) is 155 cm³/mol. The molecule has 0 N–H and O–H groups in total. The molecule has 0 radical (unpaired) electrons. The van der Waals surface area contributed by atoms with E-state index in [1.807, 2.05) is 30.3 Å². The van der Waals surface area contributed by atoms with E-state index in [2.05, 4.69) is 10.5 Å². The largest absolute Gasteiger partial charge is 0.439 e. The topological polar surface area (TPSA) is 60.9 Å². The Morgan fingerprint density at radius 3 is 1.77 bits per heavy atom. The van der Waals surface area contributed by atoms with Crippen molar-refractivity contribution >= 4 is 17.5 Å². The van der Waals surface area contributed by atoms with Crippen LogP contribution in [0.15, 0.2) is 44.3 Å². The minimum Gasteiger partial charge on any atom is -0.439 e. The van der Waals surface area contributed by atoms with E-state index in [1.54, 1.807) is 0 Å². The normalized spacial score (nSPS) is 21.1. The Morgan fingerprint density at radius 1 is 0.641 bits per heavy atom. The van der Waals surface area contributed by atoms with Crippen molar-refractivity contribution in [3.63, 3.8) is 0 Å². The van der Waals surface area contributed by atoms with Crippen LogP contribution in [0.4, 0.5) is 0 Å². The monoisotopic (exact) mass is 525 g/mol.